The van der Waals surface area contributed by atoms with Crippen molar-refractivity contribution in [2.75, 3.05) is 18.4 Å². The number of thiophene rings is 1. The fraction of sp³-hybridized carbons (Fsp3) is 0.318. The largest absolute Gasteiger partial charge is 0.312 e. The zero-order chi connectivity index (χ0) is 20.7. The number of fused-ring (bicyclic) bond motifs is 2. The number of thiazole rings is 1. The van der Waals surface area contributed by atoms with E-state index in [0.29, 0.717) is 5.69 Å². The Morgan fingerprint density at radius 2 is 2.00 bits per heavy atom. The molecule has 3 aromatic heterocycles. The molecule has 0 bridgehead atoms. The predicted octanol–water partition coefficient (Wildman–Crippen LogP) is 5.29. The minimum atomic E-state index is -0.171. The first-order valence-electron chi connectivity index (χ1n) is 10.2. The number of likely N-dealkylation sites (N-methyl/N-ethyl adjacent to an activating group) is 1. The van der Waals surface area contributed by atoms with Crippen LogP contribution in [0, 0.1) is 0 Å². The van der Waals surface area contributed by atoms with Crippen LogP contribution >= 0.6 is 35.1 Å². The molecule has 1 aliphatic rings. The van der Waals surface area contributed by atoms with Gasteiger partial charge in [-0.25, -0.2) is 4.98 Å². The third kappa shape index (κ3) is 4.13. The number of carbonyl (C=O) groups excluding carboxylic acids is 1. The number of amides is 1. The van der Waals surface area contributed by atoms with E-state index < -0.39 is 0 Å². The lowest BCUT2D eigenvalue weighted by atomic mass is 10.0. The maximum atomic E-state index is 12.9. The van der Waals surface area contributed by atoms with Crippen LogP contribution in [0.25, 0.3) is 20.8 Å². The van der Waals surface area contributed by atoms with Crippen molar-refractivity contribution in [2.24, 2.45) is 0 Å². The van der Waals surface area contributed by atoms with Crippen LogP contribution in [-0.2, 0) is 19.5 Å². The number of anilines is 1. The van der Waals surface area contributed by atoms with Gasteiger partial charge in [0.1, 0.15) is 10.0 Å². The Morgan fingerprint density at radius 3 is 2.74 bits per heavy atom. The second-order valence-electron chi connectivity index (χ2n) is 7.32. The molecule has 0 saturated heterocycles. The highest BCUT2D eigenvalue weighted by Gasteiger charge is 2.27. The summed E-state index contributed by atoms with van der Waals surface area (Å²) in [7, 11) is 0. The van der Waals surface area contributed by atoms with Gasteiger partial charge in [0.15, 0.2) is 5.69 Å². The third-order valence-electron chi connectivity index (χ3n) is 5.52. The van der Waals surface area contributed by atoms with Crippen LogP contribution in [-0.4, -0.2) is 38.7 Å². The number of rotatable bonds is 5. The highest BCUT2D eigenvalue weighted by atomic mass is 35.5. The summed E-state index contributed by atoms with van der Waals surface area (Å²) in [6.07, 6.45) is 2.81. The molecule has 1 N–H and O–H groups in total. The van der Waals surface area contributed by atoms with E-state index in [2.05, 4.69) is 28.3 Å². The van der Waals surface area contributed by atoms with Crippen LogP contribution in [0.4, 0.5) is 5.00 Å². The molecule has 6 nitrogen and oxygen atoms in total. The number of nitrogens with zero attached hydrogens (tertiary/aromatic N) is 4. The number of para-hydroxylation sites is 1. The van der Waals surface area contributed by atoms with Crippen molar-refractivity contribution >= 4 is 56.2 Å². The van der Waals surface area contributed by atoms with E-state index in [1.165, 1.54) is 10.4 Å². The molecule has 1 aromatic carbocycles. The van der Waals surface area contributed by atoms with Gasteiger partial charge in [-0.3, -0.25) is 14.4 Å². The highest BCUT2D eigenvalue weighted by molar-refractivity contribution is 7.22. The topological polar surface area (TPSA) is 63.1 Å². The molecule has 0 unspecified atom stereocenters. The second-order valence-corrected chi connectivity index (χ2v) is 9.46. The van der Waals surface area contributed by atoms with E-state index in [1.807, 2.05) is 31.3 Å². The predicted molar refractivity (Wildman–Crippen MR) is 131 cm³/mol. The average molecular weight is 474 g/mol. The summed E-state index contributed by atoms with van der Waals surface area (Å²) >= 11 is 3.37. The lowest BCUT2D eigenvalue weighted by Gasteiger charge is -2.25. The summed E-state index contributed by atoms with van der Waals surface area (Å²) in [4.78, 5) is 21.6. The molecular weight excluding hydrogens is 450 g/mol. The lowest BCUT2D eigenvalue weighted by molar-refractivity contribution is 0.102. The molecule has 4 aromatic rings. The fourth-order valence-electron chi connectivity index (χ4n) is 3.85. The number of aryl methyl sites for hydroxylation is 1. The Balaban J connectivity index is 0.00000231. The molecule has 0 fully saturated rings. The van der Waals surface area contributed by atoms with Crippen molar-refractivity contribution in [1.29, 1.82) is 0 Å². The van der Waals surface area contributed by atoms with Gasteiger partial charge in [-0.2, -0.15) is 5.10 Å². The van der Waals surface area contributed by atoms with E-state index in [0.717, 1.165) is 58.4 Å². The number of hydrogen-bond acceptors (Lipinski definition) is 6. The summed E-state index contributed by atoms with van der Waals surface area (Å²) in [5.74, 6) is -0.171. The molecule has 4 heterocycles. The van der Waals surface area contributed by atoms with Crippen molar-refractivity contribution in [1.82, 2.24) is 19.7 Å². The standard InChI is InChI=1S/C22H23N5OS2.ClH/c1-3-26-11-9-14-18(13-26)30-22(24-20(28)16-10-12-27(4-2)25-16)19(14)21-23-15-7-5-6-8-17(15)29-21;/h5-8,10,12H,3-4,9,11,13H2,1-2H3,(H,24,28);1H. The van der Waals surface area contributed by atoms with Crippen LogP contribution < -0.4 is 5.32 Å². The molecular formula is C22H24ClN5OS2. The molecule has 31 heavy (non-hydrogen) atoms. The fourth-order valence-corrected chi connectivity index (χ4v) is 6.24. The third-order valence-corrected chi connectivity index (χ3v) is 7.70. The molecule has 1 aliphatic heterocycles. The molecule has 9 heteroatoms. The highest BCUT2D eigenvalue weighted by Crippen LogP contribution is 2.45. The van der Waals surface area contributed by atoms with E-state index >= 15 is 0 Å². The van der Waals surface area contributed by atoms with Crippen LogP contribution in [0.3, 0.4) is 0 Å². The SMILES string of the molecule is CCN1CCc2c(sc(NC(=O)c3ccn(CC)n3)c2-c2nc3ccccc3s2)C1.Cl. The molecule has 1 amide bonds. The molecule has 162 valence electrons. The Bertz CT molecular complexity index is 1190. The first-order valence-corrected chi connectivity index (χ1v) is 11.9. The van der Waals surface area contributed by atoms with Gasteiger partial charge < -0.3 is 5.32 Å². The van der Waals surface area contributed by atoms with Gasteiger partial charge in [-0.1, -0.05) is 19.1 Å². The van der Waals surface area contributed by atoms with Gasteiger partial charge >= 0.3 is 0 Å². The van der Waals surface area contributed by atoms with E-state index in [1.54, 1.807) is 33.4 Å². The van der Waals surface area contributed by atoms with Crippen molar-refractivity contribution < 1.29 is 4.79 Å². The number of hydrogen-bond donors (Lipinski definition) is 1. The van der Waals surface area contributed by atoms with Crippen molar-refractivity contribution in [3.05, 3.63) is 52.7 Å². The molecule has 0 atom stereocenters. The van der Waals surface area contributed by atoms with Gasteiger partial charge in [0.05, 0.1) is 10.2 Å². The minimum absolute atomic E-state index is 0. The quantitative estimate of drug-likeness (QED) is 0.427. The van der Waals surface area contributed by atoms with Crippen LogP contribution in [0.1, 0.15) is 34.8 Å². The van der Waals surface area contributed by atoms with Crippen molar-refractivity contribution in [3.63, 3.8) is 0 Å². The second kappa shape index (κ2) is 9.08. The zero-order valence-corrected chi connectivity index (χ0v) is 19.9. The van der Waals surface area contributed by atoms with Crippen LogP contribution in [0.5, 0.6) is 0 Å². The minimum Gasteiger partial charge on any atom is -0.312 e. The van der Waals surface area contributed by atoms with Crippen LogP contribution in [0.2, 0.25) is 0 Å². The summed E-state index contributed by atoms with van der Waals surface area (Å²) in [6, 6.07) is 9.97. The summed E-state index contributed by atoms with van der Waals surface area (Å²) in [6.45, 7) is 7.93. The summed E-state index contributed by atoms with van der Waals surface area (Å²) < 4.78 is 2.93. The first kappa shape index (κ1) is 22.0. The van der Waals surface area contributed by atoms with E-state index in [9.17, 15) is 4.79 Å². The Hall–Kier alpha value is -2.26. The number of halogens is 1. The molecule has 0 aliphatic carbocycles. The Morgan fingerprint density at radius 1 is 1.16 bits per heavy atom. The molecule has 0 spiro atoms. The number of carbonyl (C=O) groups is 1. The summed E-state index contributed by atoms with van der Waals surface area (Å²) in [5.41, 5.74) is 3.87. The van der Waals surface area contributed by atoms with Gasteiger partial charge in [-0.05, 0) is 43.7 Å². The monoisotopic (exact) mass is 473 g/mol. The number of nitrogens with one attached hydrogen (secondary N) is 1. The maximum absolute atomic E-state index is 12.9. The van der Waals surface area contributed by atoms with Gasteiger partial charge in [0.25, 0.3) is 5.91 Å². The summed E-state index contributed by atoms with van der Waals surface area (Å²) in [5, 5.41) is 9.37. The Labute approximate surface area is 195 Å². The normalized spacial score (nSPS) is 13.7. The first-order chi connectivity index (χ1) is 14.7. The Kier molecular flexibility index (Phi) is 6.43. The van der Waals surface area contributed by atoms with Crippen molar-refractivity contribution in [3.8, 4) is 10.6 Å². The van der Waals surface area contributed by atoms with Gasteiger partial charge in [0, 0.05) is 36.3 Å². The molecule has 0 radical (unpaired) electrons. The molecule has 0 saturated carbocycles. The van der Waals surface area contributed by atoms with Crippen molar-refractivity contribution in [2.45, 2.75) is 33.4 Å². The van der Waals surface area contributed by atoms with E-state index in [-0.39, 0.29) is 18.3 Å². The average Bonchev–Trinajstić information content (AvgIpc) is 3.48. The smallest absolute Gasteiger partial charge is 0.276 e. The van der Waals surface area contributed by atoms with Crippen LogP contribution in [0.15, 0.2) is 36.5 Å². The lowest BCUT2D eigenvalue weighted by Crippen LogP contribution is -2.29. The zero-order valence-electron chi connectivity index (χ0n) is 17.4. The van der Waals surface area contributed by atoms with E-state index in [4.69, 9.17) is 4.98 Å². The van der Waals surface area contributed by atoms with Gasteiger partial charge in [-0.15, -0.1) is 35.1 Å². The molecule has 5 rings (SSSR count). The maximum Gasteiger partial charge on any atom is 0.276 e. The van der Waals surface area contributed by atoms with Gasteiger partial charge in [0.2, 0.25) is 0 Å². The number of aromatic nitrogens is 3. The number of benzene rings is 1.